The fourth-order valence-electron chi connectivity index (χ4n) is 1.91. The highest BCUT2D eigenvalue weighted by atomic mass is 79.9. The van der Waals surface area contributed by atoms with Gasteiger partial charge in [0.25, 0.3) is 0 Å². The highest BCUT2D eigenvalue weighted by Crippen LogP contribution is 2.32. The molecule has 0 saturated carbocycles. The highest BCUT2D eigenvalue weighted by Gasteiger charge is 2.23. The van der Waals surface area contributed by atoms with E-state index in [4.69, 9.17) is 5.11 Å². The van der Waals surface area contributed by atoms with Crippen molar-refractivity contribution in [3.8, 4) is 0 Å². The molecule has 0 radical (unpaired) electrons. The number of benzene rings is 1. The van der Waals surface area contributed by atoms with Gasteiger partial charge in [-0.15, -0.1) is 0 Å². The summed E-state index contributed by atoms with van der Waals surface area (Å²) < 4.78 is 0.890. The van der Waals surface area contributed by atoms with Gasteiger partial charge in [0.05, 0.1) is 17.9 Å². The minimum Gasteiger partial charge on any atom is -0.481 e. The first-order valence-electron chi connectivity index (χ1n) is 5.63. The van der Waals surface area contributed by atoms with Crippen LogP contribution in [0.15, 0.2) is 22.7 Å². The van der Waals surface area contributed by atoms with Gasteiger partial charge < -0.3 is 15.3 Å². The number of carbonyl (C=O) groups excluding carboxylic acids is 1. The van der Waals surface area contributed by atoms with Crippen LogP contribution in [0.2, 0.25) is 0 Å². The molecule has 1 aromatic carbocycles. The smallest absolute Gasteiger partial charge is 0.303 e. The molecule has 1 aromatic rings. The molecule has 2 rings (SSSR count). The fraction of sp³-hybridized carbons (Fsp3) is 0.333. The third-order valence-electron chi connectivity index (χ3n) is 2.75. The number of amides is 1. The van der Waals surface area contributed by atoms with Crippen molar-refractivity contribution >= 4 is 39.2 Å². The maximum atomic E-state index is 11.8. The molecule has 1 amide bonds. The zero-order chi connectivity index (χ0) is 13.1. The molecule has 0 bridgehead atoms. The van der Waals surface area contributed by atoms with Crippen LogP contribution < -0.4 is 10.2 Å². The number of carboxylic acid groups (broad SMARTS) is 1. The fourth-order valence-corrected chi connectivity index (χ4v) is 2.26. The minimum atomic E-state index is -0.841. The van der Waals surface area contributed by atoms with E-state index >= 15 is 0 Å². The van der Waals surface area contributed by atoms with E-state index in [2.05, 4.69) is 21.2 Å². The molecule has 6 heteroatoms. The number of hydrogen-bond donors (Lipinski definition) is 2. The second-order valence-corrected chi connectivity index (χ2v) is 4.97. The Morgan fingerprint density at radius 2 is 2.28 bits per heavy atom. The van der Waals surface area contributed by atoms with Crippen LogP contribution in [-0.2, 0) is 9.59 Å². The molecule has 0 unspecified atom stereocenters. The number of fused-ring (bicyclic) bond motifs is 1. The molecule has 0 aromatic heterocycles. The molecule has 18 heavy (non-hydrogen) atoms. The van der Waals surface area contributed by atoms with Gasteiger partial charge in [-0.25, -0.2) is 0 Å². The minimum absolute atomic E-state index is 0.0361. The Morgan fingerprint density at radius 1 is 1.50 bits per heavy atom. The first-order valence-corrected chi connectivity index (χ1v) is 6.43. The van der Waals surface area contributed by atoms with Gasteiger partial charge in [-0.2, -0.15) is 0 Å². The van der Waals surface area contributed by atoms with Crippen LogP contribution in [0.3, 0.4) is 0 Å². The number of anilines is 2. The normalized spacial score (nSPS) is 14.1. The average molecular weight is 313 g/mol. The van der Waals surface area contributed by atoms with Crippen molar-refractivity contribution in [1.29, 1.82) is 0 Å². The van der Waals surface area contributed by atoms with Crippen LogP contribution in [0.25, 0.3) is 0 Å². The van der Waals surface area contributed by atoms with Crippen molar-refractivity contribution in [2.45, 2.75) is 12.8 Å². The van der Waals surface area contributed by atoms with Crippen molar-refractivity contribution in [3.63, 3.8) is 0 Å². The predicted molar refractivity (Wildman–Crippen MR) is 71.9 cm³/mol. The van der Waals surface area contributed by atoms with E-state index in [-0.39, 0.29) is 18.9 Å². The molecular formula is C12H13BrN2O3. The summed E-state index contributed by atoms with van der Waals surface area (Å²) in [7, 11) is 0. The van der Waals surface area contributed by atoms with Gasteiger partial charge in [0.15, 0.2) is 0 Å². The zero-order valence-corrected chi connectivity index (χ0v) is 11.2. The van der Waals surface area contributed by atoms with Crippen molar-refractivity contribution in [2.24, 2.45) is 0 Å². The van der Waals surface area contributed by atoms with Crippen LogP contribution in [-0.4, -0.2) is 30.1 Å². The molecule has 5 nitrogen and oxygen atoms in total. The molecule has 1 aliphatic rings. The van der Waals surface area contributed by atoms with E-state index in [1.807, 2.05) is 18.2 Å². The first kappa shape index (κ1) is 12.9. The number of rotatable bonds is 4. The van der Waals surface area contributed by atoms with Crippen LogP contribution >= 0.6 is 15.9 Å². The summed E-state index contributed by atoms with van der Waals surface area (Å²) in [6, 6.07) is 5.66. The molecule has 0 aliphatic carbocycles. The number of carbonyl (C=O) groups is 2. The standard InChI is InChI=1S/C12H13BrN2O3/c13-8-3-4-9-10(6-8)15(11(16)7-14-9)5-1-2-12(17)18/h3-4,6,14H,1-2,5,7H2,(H,17,18). The predicted octanol–water partition coefficient (Wildman–Crippen LogP) is 2.07. The van der Waals surface area contributed by atoms with Crippen molar-refractivity contribution in [2.75, 3.05) is 23.3 Å². The van der Waals surface area contributed by atoms with Crippen molar-refractivity contribution in [3.05, 3.63) is 22.7 Å². The van der Waals surface area contributed by atoms with Crippen molar-refractivity contribution in [1.82, 2.24) is 0 Å². The van der Waals surface area contributed by atoms with Gasteiger partial charge in [0, 0.05) is 17.4 Å². The van der Waals surface area contributed by atoms with Gasteiger partial charge in [0.1, 0.15) is 0 Å². The number of hydrogen-bond acceptors (Lipinski definition) is 3. The summed E-state index contributed by atoms with van der Waals surface area (Å²) in [6.07, 6.45) is 0.521. The van der Waals surface area contributed by atoms with Gasteiger partial charge in [-0.1, -0.05) is 15.9 Å². The number of aliphatic carboxylic acids is 1. The Hall–Kier alpha value is -1.56. The van der Waals surface area contributed by atoms with Crippen LogP contribution in [0.4, 0.5) is 11.4 Å². The molecule has 0 spiro atoms. The lowest BCUT2D eigenvalue weighted by atomic mass is 10.1. The van der Waals surface area contributed by atoms with Crippen LogP contribution in [0, 0.1) is 0 Å². The van der Waals surface area contributed by atoms with E-state index < -0.39 is 5.97 Å². The number of halogens is 1. The SMILES string of the molecule is O=C(O)CCCN1C(=O)CNc2ccc(Br)cc21. The maximum Gasteiger partial charge on any atom is 0.303 e. The third kappa shape index (κ3) is 2.81. The van der Waals surface area contributed by atoms with Gasteiger partial charge in [-0.3, -0.25) is 9.59 Å². The molecular weight excluding hydrogens is 300 g/mol. The summed E-state index contributed by atoms with van der Waals surface area (Å²) >= 11 is 3.37. The molecule has 0 fully saturated rings. The summed E-state index contributed by atoms with van der Waals surface area (Å²) in [4.78, 5) is 24.0. The van der Waals surface area contributed by atoms with Crippen LogP contribution in [0.1, 0.15) is 12.8 Å². The highest BCUT2D eigenvalue weighted by molar-refractivity contribution is 9.10. The molecule has 0 saturated heterocycles. The third-order valence-corrected chi connectivity index (χ3v) is 3.25. The summed E-state index contributed by atoms with van der Waals surface area (Å²) in [5.41, 5.74) is 1.69. The largest absolute Gasteiger partial charge is 0.481 e. The number of carboxylic acids is 1. The Labute approximate surface area is 113 Å². The van der Waals surface area contributed by atoms with E-state index in [1.165, 1.54) is 0 Å². The Balaban J connectivity index is 2.16. The van der Waals surface area contributed by atoms with Crippen molar-refractivity contribution < 1.29 is 14.7 Å². The average Bonchev–Trinajstić information content (AvgIpc) is 2.31. The summed E-state index contributed by atoms with van der Waals surface area (Å²) in [5.74, 6) is -0.877. The second kappa shape index (κ2) is 5.39. The molecule has 0 atom stereocenters. The second-order valence-electron chi connectivity index (χ2n) is 4.06. The van der Waals surface area contributed by atoms with Crippen LogP contribution in [0.5, 0.6) is 0 Å². The monoisotopic (exact) mass is 312 g/mol. The number of nitrogens with zero attached hydrogens (tertiary/aromatic N) is 1. The molecule has 1 aliphatic heterocycles. The topological polar surface area (TPSA) is 69.6 Å². The maximum absolute atomic E-state index is 11.8. The van der Waals surface area contributed by atoms with E-state index in [1.54, 1.807) is 4.90 Å². The lowest BCUT2D eigenvalue weighted by Crippen LogP contribution is -2.40. The Morgan fingerprint density at radius 3 is 3.00 bits per heavy atom. The summed E-state index contributed by atoms with van der Waals surface area (Å²) in [6.45, 7) is 0.679. The first-order chi connectivity index (χ1) is 8.58. The number of nitrogens with one attached hydrogen (secondary N) is 1. The quantitative estimate of drug-likeness (QED) is 0.893. The van der Waals surface area contributed by atoms with E-state index in [9.17, 15) is 9.59 Å². The van der Waals surface area contributed by atoms with E-state index in [0.717, 1.165) is 15.8 Å². The van der Waals surface area contributed by atoms with E-state index in [0.29, 0.717) is 13.0 Å². The molecule has 1 heterocycles. The molecule has 96 valence electrons. The molecule has 2 N–H and O–H groups in total. The summed E-state index contributed by atoms with van der Waals surface area (Å²) in [5, 5.41) is 11.7. The van der Waals surface area contributed by atoms with Gasteiger partial charge in [0.2, 0.25) is 5.91 Å². The lowest BCUT2D eigenvalue weighted by Gasteiger charge is -2.30. The van der Waals surface area contributed by atoms with Gasteiger partial charge in [-0.05, 0) is 24.6 Å². The zero-order valence-electron chi connectivity index (χ0n) is 9.65. The van der Waals surface area contributed by atoms with Gasteiger partial charge >= 0.3 is 5.97 Å². The lowest BCUT2D eigenvalue weighted by molar-refractivity contribution is -0.137. The Bertz CT molecular complexity index is 490. The Kier molecular flexibility index (Phi) is 3.86.